The van der Waals surface area contributed by atoms with Crippen molar-refractivity contribution in [3.05, 3.63) is 47.8 Å². The van der Waals surface area contributed by atoms with Crippen LogP contribution >= 0.6 is 0 Å². The molecule has 162 valence electrons. The number of hydrogen-bond donors (Lipinski definition) is 2. The van der Waals surface area contributed by atoms with Crippen LogP contribution < -0.4 is 10.2 Å². The lowest BCUT2D eigenvalue weighted by Crippen LogP contribution is -2.42. The van der Waals surface area contributed by atoms with Gasteiger partial charge in [-0.1, -0.05) is 37.1 Å². The van der Waals surface area contributed by atoms with Gasteiger partial charge >= 0.3 is 0 Å². The van der Waals surface area contributed by atoms with E-state index in [0.29, 0.717) is 0 Å². The molecule has 2 N–H and O–H groups in total. The lowest BCUT2D eigenvalue weighted by molar-refractivity contribution is 0.239. The first-order chi connectivity index (χ1) is 14.8. The van der Waals surface area contributed by atoms with Gasteiger partial charge in [-0.25, -0.2) is 9.97 Å². The van der Waals surface area contributed by atoms with Gasteiger partial charge in [-0.15, -0.1) is 0 Å². The van der Waals surface area contributed by atoms with Crippen LogP contribution in [-0.2, 0) is 13.1 Å². The number of likely N-dealkylation sites (tertiary alicyclic amines) is 1. The molecule has 2 saturated heterocycles. The zero-order chi connectivity index (χ0) is 20.6. The average molecular weight is 410 g/mol. The minimum Gasteiger partial charge on any atom is -0.394 e. The van der Waals surface area contributed by atoms with Crippen LogP contribution in [0.3, 0.4) is 0 Å². The third-order valence-electron chi connectivity index (χ3n) is 6.39. The molecule has 6 heteroatoms. The minimum atomic E-state index is 0.165. The molecular formula is C24H35N5O. The van der Waals surface area contributed by atoms with Gasteiger partial charge in [0.15, 0.2) is 0 Å². The molecule has 0 aliphatic carbocycles. The number of anilines is 2. The van der Waals surface area contributed by atoms with Crippen molar-refractivity contribution in [1.29, 1.82) is 0 Å². The second-order valence-corrected chi connectivity index (χ2v) is 8.65. The van der Waals surface area contributed by atoms with Crippen molar-refractivity contribution in [2.75, 3.05) is 36.5 Å². The summed E-state index contributed by atoms with van der Waals surface area (Å²) in [6.45, 7) is 5.38. The van der Waals surface area contributed by atoms with Crippen LogP contribution in [0.2, 0.25) is 0 Å². The average Bonchev–Trinajstić information content (AvgIpc) is 3.07. The Balaban J connectivity index is 1.32. The molecule has 0 spiro atoms. The van der Waals surface area contributed by atoms with Crippen molar-refractivity contribution in [3.63, 3.8) is 0 Å². The largest absolute Gasteiger partial charge is 0.394 e. The van der Waals surface area contributed by atoms with E-state index in [4.69, 9.17) is 0 Å². The van der Waals surface area contributed by atoms with Gasteiger partial charge in [0.25, 0.3) is 0 Å². The zero-order valence-corrected chi connectivity index (χ0v) is 18.0. The van der Waals surface area contributed by atoms with Crippen LogP contribution in [0.5, 0.6) is 0 Å². The zero-order valence-electron chi connectivity index (χ0n) is 18.0. The van der Waals surface area contributed by atoms with E-state index in [9.17, 15) is 5.11 Å². The number of aliphatic hydroxyl groups excluding tert-OH is 1. The summed E-state index contributed by atoms with van der Waals surface area (Å²) >= 11 is 0. The van der Waals surface area contributed by atoms with E-state index < -0.39 is 0 Å². The molecule has 30 heavy (non-hydrogen) atoms. The van der Waals surface area contributed by atoms with Crippen molar-refractivity contribution in [1.82, 2.24) is 14.9 Å². The number of aromatic nitrogens is 2. The highest BCUT2D eigenvalue weighted by Gasteiger charge is 2.23. The molecule has 0 amide bonds. The second-order valence-electron chi connectivity index (χ2n) is 8.65. The maximum atomic E-state index is 9.68. The Bertz CT molecular complexity index is 773. The molecule has 1 atom stereocenters. The van der Waals surface area contributed by atoms with E-state index >= 15 is 0 Å². The Morgan fingerprint density at radius 1 is 0.900 bits per heavy atom. The van der Waals surface area contributed by atoms with Gasteiger partial charge in [-0.2, -0.15) is 0 Å². The Morgan fingerprint density at radius 2 is 1.63 bits per heavy atom. The Labute approximate surface area is 180 Å². The molecular weight excluding hydrogens is 374 g/mol. The summed E-state index contributed by atoms with van der Waals surface area (Å²) in [5.41, 5.74) is 2.64. The van der Waals surface area contributed by atoms with Gasteiger partial charge in [0.2, 0.25) is 0 Å². The molecule has 1 unspecified atom stereocenters. The summed E-state index contributed by atoms with van der Waals surface area (Å²) in [6.07, 6.45) is 10.4. The van der Waals surface area contributed by atoms with Crippen LogP contribution in [0, 0.1) is 0 Å². The fourth-order valence-electron chi connectivity index (χ4n) is 4.60. The molecule has 3 heterocycles. The molecule has 4 rings (SSSR count). The van der Waals surface area contributed by atoms with Gasteiger partial charge in [0.05, 0.1) is 12.6 Å². The molecule has 2 aliphatic rings. The van der Waals surface area contributed by atoms with E-state index in [2.05, 4.69) is 49.4 Å². The number of benzene rings is 1. The first-order valence-corrected chi connectivity index (χ1v) is 11.6. The van der Waals surface area contributed by atoms with Crippen molar-refractivity contribution < 1.29 is 5.11 Å². The van der Waals surface area contributed by atoms with E-state index in [-0.39, 0.29) is 12.6 Å². The second kappa shape index (κ2) is 10.7. The number of piperidine rings is 1. The van der Waals surface area contributed by atoms with Gasteiger partial charge < -0.3 is 15.3 Å². The molecule has 0 bridgehead atoms. The Kier molecular flexibility index (Phi) is 7.54. The first-order valence-electron chi connectivity index (χ1n) is 11.6. The number of nitrogens with zero attached hydrogens (tertiary/aromatic N) is 4. The third-order valence-corrected chi connectivity index (χ3v) is 6.39. The summed E-state index contributed by atoms with van der Waals surface area (Å²) in [5, 5.41) is 13.1. The summed E-state index contributed by atoms with van der Waals surface area (Å²) < 4.78 is 0. The third kappa shape index (κ3) is 5.70. The first kappa shape index (κ1) is 21.1. The number of aliphatic hydroxyl groups is 1. The standard InChI is InChI=1S/C24H35N5O/c30-18-22-7-3-6-14-29(22)24-15-23(26-19-27-24)25-16-20-8-10-21(11-9-20)17-28-12-4-1-2-5-13-28/h8-11,15,19,22,30H,1-7,12-14,16-18H2,(H,25,26,27). The van der Waals surface area contributed by atoms with Crippen molar-refractivity contribution in [2.45, 2.75) is 64.1 Å². The predicted molar refractivity (Wildman–Crippen MR) is 122 cm³/mol. The normalized spacial score (nSPS) is 20.7. The van der Waals surface area contributed by atoms with Crippen molar-refractivity contribution in [2.24, 2.45) is 0 Å². The lowest BCUT2D eigenvalue weighted by Gasteiger charge is -2.35. The quantitative estimate of drug-likeness (QED) is 0.725. The molecule has 1 aromatic carbocycles. The SMILES string of the molecule is OCC1CCCCN1c1cc(NCc2ccc(CN3CCCCCC3)cc2)ncn1. The van der Waals surface area contributed by atoms with E-state index in [1.807, 2.05) is 6.07 Å². The van der Waals surface area contributed by atoms with Crippen LogP contribution in [0.15, 0.2) is 36.7 Å². The smallest absolute Gasteiger partial charge is 0.134 e. The predicted octanol–water partition coefficient (Wildman–Crippen LogP) is 3.82. The summed E-state index contributed by atoms with van der Waals surface area (Å²) in [5.74, 6) is 1.73. The highest BCUT2D eigenvalue weighted by atomic mass is 16.3. The molecule has 2 fully saturated rings. The minimum absolute atomic E-state index is 0.165. The van der Waals surface area contributed by atoms with Crippen molar-refractivity contribution in [3.8, 4) is 0 Å². The van der Waals surface area contributed by atoms with Crippen LogP contribution in [-0.4, -0.2) is 52.3 Å². The van der Waals surface area contributed by atoms with Crippen molar-refractivity contribution >= 4 is 11.6 Å². The number of nitrogens with one attached hydrogen (secondary N) is 1. The van der Waals surface area contributed by atoms with Gasteiger partial charge in [0.1, 0.15) is 18.0 Å². The molecule has 2 aromatic rings. The molecule has 0 radical (unpaired) electrons. The fraction of sp³-hybridized carbons (Fsp3) is 0.583. The van der Waals surface area contributed by atoms with Crippen LogP contribution in [0.4, 0.5) is 11.6 Å². The number of rotatable bonds is 7. The Hall–Kier alpha value is -2.18. The lowest BCUT2D eigenvalue weighted by atomic mass is 10.0. The molecule has 0 saturated carbocycles. The van der Waals surface area contributed by atoms with Gasteiger partial charge in [-0.05, 0) is 56.3 Å². The number of hydrogen-bond acceptors (Lipinski definition) is 6. The summed E-state index contributed by atoms with van der Waals surface area (Å²) in [4.78, 5) is 13.6. The highest BCUT2D eigenvalue weighted by Crippen LogP contribution is 2.24. The Morgan fingerprint density at radius 3 is 2.40 bits per heavy atom. The summed E-state index contributed by atoms with van der Waals surface area (Å²) in [7, 11) is 0. The van der Waals surface area contributed by atoms with E-state index in [1.54, 1.807) is 6.33 Å². The van der Waals surface area contributed by atoms with Crippen LogP contribution in [0.1, 0.15) is 56.1 Å². The summed E-state index contributed by atoms with van der Waals surface area (Å²) in [6, 6.07) is 11.1. The maximum absolute atomic E-state index is 9.68. The maximum Gasteiger partial charge on any atom is 0.134 e. The van der Waals surface area contributed by atoms with Gasteiger partial charge in [0, 0.05) is 25.7 Å². The highest BCUT2D eigenvalue weighted by molar-refractivity contribution is 5.49. The van der Waals surface area contributed by atoms with Crippen LogP contribution in [0.25, 0.3) is 0 Å². The van der Waals surface area contributed by atoms with E-state index in [0.717, 1.165) is 44.1 Å². The molecule has 2 aliphatic heterocycles. The van der Waals surface area contributed by atoms with E-state index in [1.165, 1.54) is 56.3 Å². The monoisotopic (exact) mass is 409 g/mol. The fourth-order valence-corrected chi connectivity index (χ4v) is 4.60. The molecule has 1 aromatic heterocycles. The van der Waals surface area contributed by atoms with Gasteiger partial charge in [-0.3, -0.25) is 4.90 Å². The topological polar surface area (TPSA) is 64.5 Å². The molecule has 6 nitrogen and oxygen atoms in total.